The molecule has 8 heteroatoms. The molecule has 1 saturated heterocycles. The van der Waals surface area contributed by atoms with Crippen LogP contribution in [0.3, 0.4) is 0 Å². The number of benzene rings is 1. The number of amides is 1. The molecule has 0 radical (unpaired) electrons. The highest BCUT2D eigenvalue weighted by Gasteiger charge is 2.29. The smallest absolute Gasteiger partial charge is 0.253 e. The molecule has 0 spiro atoms. The average molecular weight is 376 g/mol. The molecule has 4 rings (SSSR count). The van der Waals surface area contributed by atoms with Crippen molar-refractivity contribution in [1.82, 2.24) is 14.7 Å². The Morgan fingerprint density at radius 2 is 2.12 bits per heavy atom. The Kier molecular flexibility index (Phi) is 4.76. The summed E-state index contributed by atoms with van der Waals surface area (Å²) in [6.45, 7) is 1.14. The Morgan fingerprint density at radius 3 is 2.88 bits per heavy atom. The van der Waals surface area contributed by atoms with Crippen molar-refractivity contribution in [2.45, 2.75) is 18.8 Å². The Morgan fingerprint density at radius 1 is 1.23 bits per heavy atom. The quantitative estimate of drug-likeness (QED) is 0.809. The minimum absolute atomic E-state index is 0.147. The van der Waals surface area contributed by atoms with E-state index in [0.29, 0.717) is 13.1 Å². The third-order valence-electron chi connectivity index (χ3n) is 4.78. The van der Waals surface area contributed by atoms with Gasteiger partial charge in [0.15, 0.2) is 11.6 Å². The first kappa shape index (κ1) is 17.2. The molecule has 0 aliphatic carbocycles. The van der Waals surface area contributed by atoms with Crippen LogP contribution in [0.25, 0.3) is 0 Å². The van der Waals surface area contributed by atoms with Gasteiger partial charge >= 0.3 is 0 Å². The standard InChI is InChI=1S/C18H18F2N4OS/c19-14-4-3-12(8-15(14)20)18(25)23-7-1-2-13(9-23)16-5-6-22-24(16)17-10-26-11-21-17/h3-6,8,13H,1-2,7,9-11H2/t13-/m0/s1. The van der Waals surface area contributed by atoms with E-state index in [-0.39, 0.29) is 17.4 Å². The number of halogens is 2. The number of piperidine rings is 1. The zero-order valence-electron chi connectivity index (χ0n) is 14.1. The maximum absolute atomic E-state index is 13.5. The van der Waals surface area contributed by atoms with Crippen molar-refractivity contribution in [2.75, 3.05) is 24.7 Å². The lowest BCUT2D eigenvalue weighted by Crippen LogP contribution is -2.40. The van der Waals surface area contributed by atoms with Crippen LogP contribution in [-0.4, -0.2) is 51.1 Å². The molecule has 1 aromatic carbocycles. The molecular weight excluding hydrogens is 358 g/mol. The van der Waals surface area contributed by atoms with Crippen LogP contribution in [0.4, 0.5) is 8.78 Å². The molecule has 1 aromatic heterocycles. The molecular formula is C18H18F2N4OS. The van der Waals surface area contributed by atoms with Gasteiger partial charge in [-0.3, -0.25) is 9.79 Å². The molecule has 0 bridgehead atoms. The number of carbonyl (C=O) groups excluding carboxylic acids is 1. The highest BCUT2D eigenvalue weighted by molar-refractivity contribution is 8.00. The molecule has 5 nitrogen and oxygen atoms in total. The number of nitrogens with zero attached hydrogens (tertiary/aromatic N) is 4. The van der Waals surface area contributed by atoms with Crippen LogP contribution in [0.1, 0.15) is 34.8 Å². The molecule has 2 aliphatic heterocycles. The number of likely N-dealkylation sites (tertiary alicyclic amines) is 1. The fourth-order valence-corrected chi connectivity index (χ4v) is 4.21. The molecule has 1 fully saturated rings. The van der Waals surface area contributed by atoms with Crippen molar-refractivity contribution in [1.29, 1.82) is 0 Å². The summed E-state index contributed by atoms with van der Waals surface area (Å²) in [6.07, 6.45) is 3.57. The van der Waals surface area contributed by atoms with Gasteiger partial charge in [-0.05, 0) is 37.1 Å². The third kappa shape index (κ3) is 3.25. The summed E-state index contributed by atoms with van der Waals surface area (Å²) in [6, 6.07) is 5.27. The summed E-state index contributed by atoms with van der Waals surface area (Å²) in [7, 11) is 0. The van der Waals surface area contributed by atoms with Gasteiger partial charge < -0.3 is 4.90 Å². The molecule has 1 amide bonds. The van der Waals surface area contributed by atoms with Gasteiger partial charge in [0.05, 0.1) is 17.3 Å². The molecule has 2 aromatic rings. The fraction of sp³-hybridized carbons (Fsp3) is 0.389. The SMILES string of the molecule is O=C(c1ccc(F)c(F)c1)N1CCC[C@H](c2ccnn2C2=NCSC2)C1. The number of aliphatic imine (C=N–C) groups is 1. The first-order valence-electron chi connectivity index (χ1n) is 8.53. The first-order chi connectivity index (χ1) is 12.6. The molecule has 26 heavy (non-hydrogen) atoms. The highest BCUT2D eigenvalue weighted by Crippen LogP contribution is 2.28. The van der Waals surface area contributed by atoms with Crippen LogP contribution >= 0.6 is 11.8 Å². The van der Waals surface area contributed by atoms with Crippen molar-refractivity contribution in [3.05, 3.63) is 53.4 Å². The number of aromatic nitrogens is 2. The lowest BCUT2D eigenvalue weighted by molar-refractivity contribution is 0.0704. The van der Waals surface area contributed by atoms with Crippen LogP contribution in [0.2, 0.25) is 0 Å². The summed E-state index contributed by atoms with van der Waals surface area (Å²) in [5.74, 6) is 0.455. The van der Waals surface area contributed by atoms with Gasteiger partial charge in [0.1, 0.15) is 5.84 Å². The lowest BCUT2D eigenvalue weighted by Gasteiger charge is -2.33. The predicted molar refractivity (Wildman–Crippen MR) is 96.6 cm³/mol. The van der Waals surface area contributed by atoms with Gasteiger partial charge in [-0.2, -0.15) is 5.10 Å². The average Bonchev–Trinajstić information content (AvgIpc) is 3.34. The van der Waals surface area contributed by atoms with E-state index in [1.54, 1.807) is 22.9 Å². The highest BCUT2D eigenvalue weighted by atomic mass is 32.2. The van der Waals surface area contributed by atoms with E-state index in [1.165, 1.54) is 6.07 Å². The number of carbonyl (C=O) groups is 1. The second-order valence-electron chi connectivity index (χ2n) is 6.44. The summed E-state index contributed by atoms with van der Waals surface area (Å²) in [5.41, 5.74) is 1.23. The molecule has 0 unspecified atom stereocenters. The van der Waals surface area contributed by atoms with E-state index < -0.39 is 11.6 Å². The minimum atomic E-state index is -1.00. The van der Waals surface area contributed by atoms with Gasteiger partial charge in [0, 0.05) is 30.8 Å². The lowest BCUT2D eigenvalue weighted by atomic mass is 9.94. The zero-order chi connectivity index (χ0) is 18.1. The Labute approximate surface area is 154 Å². The second kappa shape index (κ2) is 7.19. The maximum Gasteiger partial charge on any atom is 0.253 e. The fourth-order valence-electron chi connectivity index (χ4n) is 3.48. The molecule has 0 saturated carbocycles. The summed E-state index contributed by atoms with van der Waals surface area (Å²) >= 11 is 1.75. The van der Waals surface area contributed by atoms with Crippen molar-refractivity contribution in [2.24, 2.45) is 4.99 Å². The topological polar surface area (TPSA) is 50.5 Å². The van der Waals surface area contributed by atoms with Crippen molar-refractivity contribution in [3.8, 4) is 0 Å². The third-order valence-corrected chi connectivity index (χ3v) is 5.55. The van der Waals surface area contributed by atoms with E-state index in [0.717, 1.165) is 48.1 Å². The molecule has 0 N–H and O–H groups in total. The van der Waals surface area contributed by atoms with Gasteiger partial charge in [-0.25, -0.2) is 13.5 Å². The van der Waals surface area contributed by atoms with Gasteiger partial charge in [0.2, 0.25) is 0 Å². The van der Waals surface area contributed by atoms with Crippen LogP contribution in [0, 0.1) is 11.6 Å². The predicted octanol–water partition coefficient (Wildman–Crippen LogP) is 3.13. The Bertz CT molecular complexity index is 867. The Balaban J connectivity index is 1.54. The number of hydrogen-bond donors (Lipinski definition) is 0. The van der Waals surface area contributed by atoms with Gasteiger partial charge in [-0.1, -0.05) is 0 Å². The number of hydrogen-bond acceptors (Lipinski definition) is 4. The monoisotopic (exact) mass is 376 g/mol. The molecule has 2 aliphatic rings. The maximum atomic E-state index is 13.5. The summed E-state index contributed by atoms with van der Waals surface area (Å²) in [4.78, 5) is 18.9. The zero-order valence-corrected chi connectivity index (χ0v) is 14.9. The van der Waals surface area contributed by atoms with E-state index in [2.05, 4.69) is 10.1 Å². The molecule has 136 valence electrons. The normalized spacial score (nSPS) is 20.3. The van der Waals surface area contributed by atoms with E-state index in [1.807, 2.05) is 10.7 Å². The van der Waals surface area contributed by atoms with E-state index in [4.69, 9.17) is 0 Å². The van der Waals surface area contributed by atoms with Crippen LogP contribution < -0.4 is 0 Å². The largest absolute Gasteiger partial charge is 0.338 e. The van der Waals surface area contributed by atoms with E-state index >= 15 is 0 Å². The first-order valence-corrected chi connectivity index (χ1v) is 9.68. The van der Waals surface area contributed by atoms with Crippen molar-refractivity contribution in [3.63, 3.8) is 0 Å². The van der Waals surface area contributed by atoms with Crippen LogP contribution in [0.5, 0.6) is 0 Å². The van der Waals surface area contributed by atoms with Crippen molar-refractivity contribution >= 4 is 23.5 Å². The number of thioether (sulfide) groups is 1. The minimum Gasteiger partial charge on any atom is -0.338 e. The molecule has 1 atom stereocenters. The summed E-state index contributed by atoms with van der Waals surface area (Å²) in [5, 5.41) is 4.40. The molecule has 3 heterocycles. The van der Waals surface area contributed by atoms with E-state index in [9.17, 15) is 13.6 Å². The van der Waals surface area contributed by atoms with Crippen LogP contribution in [-0.2, 0) is 0 Å². The second-order valence-corrected chi connectivity index (χ2v) is 7.39. The Hall–Kier alpha value is -2.22. The van der Waals surface area contributed by atoms with Crippen LogP contribution in [0.15, 0.2) is 35.5 Å². The van der Waals surface area contributed by atoms with Gasteiger partial charge in [0.25, 0.3) is 5.91 Å². The summed E-state index contributed by atoms with van der Waals surface area (Å²) < 4.78 is 28.5. The number of rotatable bonds is 2. The van der Waals surface area contributed by atoms with Gasteiger partial charge in [-0.15, -0.1) is 11.8 Å². The van der Waals surface area contributed by atoms with Crippen molar-refractivity contribution < 1.29 is 13.6 Å².